The lowest BCUT2D eigenvalue weighted by atomic mass is 9.91. The number of hydrogen-bond acceptors (Lipinski definition) is 4. The van der Waals surface area contributed by atoms with Crippen LogP contribution >= 0.6 is 11.3 Å². The molecule has 2 heterocycles. The van der Waals surface area contributed by atoms with Gasteiger partial charge in [-0.3, -0.25) is 5.32 Å². The molecule has 2 amide bonds. The fourth-order valence-electron chi connectivity index (χ4n) is 2.05. The van der Waals surface area contributed by atoms with Crippen molar-refractivity contribution in [2.75, 3.05) is 12.4 Å². The van der Waals surface area contributed by atoms with Crippen LogP contribution in [0.1, 0.15) is 36.9 Å². The second-order valence-corrected chi connectivity index (χ2v) is 7.73. The molecule has 0 aromatic carbocycles. The molecule has 0 spiro atoms. The Morgan fingerprint density at radius 3 is 2.77 bits per heavy atom. The Kier molecular flexibility index (Phi) is 4.90. The predicted octanol–water partition coefficient (Wildman–Crippen LogP) is 4.30. The number of urea groups is 1. The number of nitrogens with one attached hydrogen (secondary N) is 1. The van der Waals surface area contributed by atoms with Crippen molar-refractivity contribution in [2.45, 2.75) is 40.7 Å². The van der Waals surface area contributed by atoms with E-state index < -0.39 is 0 Å². The number of amides is 2. The van der Waals surface area contributed by atoms with E-state index in [0.717, 1.165) is 12.1 Å². The molecule has 0 fully saturated rings. The van der Waals surface area contributed by atoms with Gasteiger partial charge in [0.25, 0.3) is 0 Å². The largest absolute Gasteiger partial charge is 0.338 e. The third-order valence-corrected chi connectivity index (χ3v) is 4.20. The maximum Gasteiger partial charge on any atom is 0.324 e. The molecule has 0 aliphatic carbocycles. The molecule has 2 aromatic rings. The molecule has 0 atom stereocenters. The van der Waals surface area contributed by atoms with Crippen molar-refractivity contribution in [3.63, 3.8) is 0 Å². The van der Waals surface area contributed by atoms with Gasteiger partial charge < -0.3 is 9.42 Å². The summed E-state index contributed by atoms with van der Waals surface area (Å²) >= 11 is 1.65. The van der Waals surface area contributed by atoms with Gasteiger partial charge in [-0.05, 0) is 35.8 Å². The summed E-state index contributed by atoms with van der Waals surface area (Å²) in [5.41, 5.74) is 2.18. The molecular formula is C16H23N3O2S. The average molecular weight is 321 g/mol. The van der Waals surface area contributed by atoms with Crippen LogP contribution in [0.5, 0.6) is 0 Å². The molecule has 0 unspecified atom stereocenters. The second-order valence-electron chi connectivity index (χ2n) is 6.73. The van der Waals surface area contributed by atoms with E-state index in [4.69, 9.17) is 4.52 Å². The molecule has 0 bridgehead atoms. The van der Waals surface area contributed by atoms with E-state index in [1.165, 1.54) is 10.4 Å². The molecule has 2 aromatic heterocycles. The zero-order valence-electron chi connectivity index (χ0n) is 13.8. The van der Waals surface area contributed by atoms with Crippen LogP contribution in [0.3, 0.4) is 0 Å². The summed E-state index contributed by atoms with van der Waals surface area (Å²) in [5, 5.41) is 8.77. The molecule has 5 nitrogen and oxygen atoms in total. The quantitative estimate of drug-likeness (QED) is 0.913. The number of carbonyl (C=O) groups excluding carboxylic acids is 1. The van der Waals surface area contributed by atoms with Gasteiger partial charge in [-0.2, -0.15) is 0 Å². The van der Waals surface area contributed by atoms with Gasteiger partial charge in [-0.1, -0.05) is 25.9 Å². The Morgan fingerprint density at radius 1 is 1.45 bits per heavy atom. The number of aryl methyl sites for hydroxylation is 1. The first-order valence-electron chi connectivity index (χ1n) is 7.25. The molecule has 2 rings (SSSR count). The van der Waals surface area contributed by atoms with Crippen molar-refractivity contribution in [1.29, 1.82) is 0 Å². The zero-order valence-corrected chi connectivity index (χ0v) is 14.6. The van der Waals surface area contributed by atoms with Crippen LogP contribution in [0.4, 0.5) is 10.7 Å². The minimum Gasteiger partial charge on any atom is -0.338 e. The van der Waals surface area contributed by atoms with Gasteiger partial charge in [0, 0.05) is 18.0 Å². The van der Waals surface area contributed by atoms with Crippen molar-refractivity contribution < 1.29 is 9.32 Å². The Morgan fingerprint density at radius 2 is 2.18 bits per heavy atom. The molecule has 120 valence electrons. The van der Waals surface area contributed by atoms with Gasteiger partial charge in [0.05, 0.1) is 12.2 Å². The molecule has 6 heteroatoms. The molecule has 0 aliphatic rings. The highest BCUT2D eigenvalue weighted by Crippen LogP contribution is 2.22. The van der Waals surface area contributed by atoms with Crippen LogP contribution < -0.4 is 5.32 Å². The van der Waals surface area contributed by atoms with Crippen LogP contribution in [0.15, 0.2) is 22.0 Å². The summed E-state index contributed by atoms with van der Waals surface area (Å²) in [4.78, 5) is 15.0. The fraction of sp³-hybridized carbons (Fsp3) is 0.500. The smallest absolute Gasteiger partial charge is 0.324 e. The molecule has 0 saturated heterocycles. The summed E-state index contributed by atoms with van der Waals surface area (Å²) in [6, 6.07) is 3.64. The zero-order chi connectivity index (χ0) is 16.3. The highest BCUT2D eigenvalue weighted by atomic mass is 32.1. The van der Waals surface area contributed by atoms with Gasteiger partial charge in [-0.15, -0.1) is 11.3 Å². The topological polar surface area (TPSA) is 58.4 Å². The molecule has 0 saturated carbocycles. The highest BCUT2D eigenvalue weighted by molar-refractivity contribution is 7.10. The summed E-state index contributed by atoms with van der Waals surface area (Å²) in [6.45, 7) is 9.04. The molecule has 1 N–H and O–H groups in total. The minimum atomic E-state index is -0.203. The molecule has 0 aliphatic heterocycles. The van der Waals surface area contributed by atoms with Crippen LogP contribution in [0.2, 0.25) is 0 Å². The maximum atomic E-state index is 12.2. The lowest BCUT2D eigenvalue weighted by Crippen LogP contribution is -2.30. The Hall–Kier alpha value is -1.82. The van der Waals surface area contributed by atoms with Crippen molar-refractivity contribution in [3.8, 4) is 0 Å². The number of aromatic nitrogens is 1. The van der Waals surface area contributed by atoms with Gasteiger partial charge >= 0.3 is 6.03 Å². The number of carbonyl (C=O) groups is 1. The summed E-state index contributed by atoms with van der Waals surface area (Å²) in [5.74, 6) is 0.388. The van der Waals surface area contributed by atoms with E-state index in [2.05, 4.69) is 37.3 Å². The lowest BCUT2D eigenvalue weighted by Gasteiger charge is -2.16. The lowest BCUT2D eigenvalue weighted by molar-refractivity contribution is 0.220. The predicted molar refractivity (Wildman–Crippen MR) is 89.2 cm³/mol. The van der Waals surface area contributed by atoms with E-state index in [-0.39, 0.29) is 11.4 Å². The second kappa shape index (κ2) is 6.52. The number of anilines is 1. The van der Waals surface area contributed by atoms with Crippen LogP contribution in [0, 0.1) is 12.3 Å². The van der Waals surface area contributed by atoms with Crippen LogP contribution in [0.25, 0.3) is 0 Å². The van der Waals surface area contributed by atoms with Gasteiger partial charge in [-0.25, -0.2) is 4.79 Å². The van der Waals surface area contributed by atoms with Crippen molar-refractivity contribution >= 4 is 23.3 Å². The minimum absolute atomic E-state index is 0.131. The number of hydrogen-bond donors (Lipinski definition) is 1. The SMILES string of the molecule is Cc1ccsc1CN(C)C(=O)Nc1cc(CC(C)(C)C)no1. The first-order valence-corrected chi connectivity index (χ1v) is 8.13. The normalized spacial score (nSPS) is 11.5. The van der Waals surface area contributed by atoms with E-state index >= 15 is 0 Å². The number of nitrogens with zero attached hydrogens (tertiary/aromatic N) is 2. The number of rotatable bonds is 4. The summed E-state index contributed by atoms with van der Waals surface area (Å²) in [6.07, 6.45) is 0.802. The average Bonchev–Trinajstić information content (AvgIpc) is 2.98. The van der Waals surface area contributed by atoms with Crippen LogP contribution in [-0.4, -0.2) is 23.1 Å². The van der Waals surface area contributed by atoms with Gasteiger partial charge in [0.2, 0.25) is 5.88 Å². The third kappa shape index (κ3) is 4.59. The van der Waals surface area contributed by atoms with E-state index in [1.807, 2.05) is 12.3 Å². The van der Waals surface area contributed by atoms with Gasteiger partial charge in [0.15, 0.2) is 0 Å². The van der Waals surface area contributed by atoms with E-state index in [0.29, 0.717) is 12.4 Å². The van der Waals surface area contributed by atoms with E-state index in [1.54, 1.807) is 29.4 Å². The first kappa shape index (κ1) is 16.5. The Bertz CT molecular complexity index is 640. The monoisotopic (exact) mass is 321 g/mol. The molecule has 0 radical (unpaired) electrons. The van der Waals surface area contributed by atoms with Crippen molar-refractivity contribution in [2.24, 2.45) is 5.41 Å². The Balaban J connectivity index is 1.93. The Labute approximate surface area is 135 Å². The van der Waals surface area contributed by atoms with Crippen LogP contribution in [-0.2, 0) is 13.0 Å². The summed E-state index contributed by atoms with van der Waals surface area (Å²) in [7, 11) is 1.76. The first-order chi connectivity index (χ1) is 10.2. The molecule has 22 heavy (non-hydrogen) atoms. The number of thiophene rings is 1. The van der Waals surface area contributed by atoms with Crippen molar-refractivity contribution in [1.82, 2.24) is 10.1 Å². The van der Waals surface area contributed by atoms with E-state index in [9.17, 15) is 4.79 Å². The third-order valence-electron chi connectivity index (χ3n) is 3.20. The summed E-state index contributed by atoms with van der Waals surface area (Å²) < 4.78 is 5.18. The maximum absolute atomic E-state index is 12.2. The molecular weight excluding hydrogens is 298 g/mol. The fourth-order valence-corrected chi connectivity index (χ4v) is 3.01. The van der Waals surface area contributed by atoms with Gasteiger partial charge in [0.1, 0.15) is 0 Å². The van der Waals surface area contributed by atoms with Crippen molar-refractivity contribution in [3.05, 3.63) is 33.6 Å². The standard InChI is InChI=1S/C16H23N3O2S/c1-11-6-7-22-13(11)10-19(5)15(20)17-14-8-12(18-21-14)9-16(2,3)4/h6-8H,9-10H2,1-5H3,(H,17,20). The highest BCUT2D eigenvalue weighted by Gasteiger charge is 2.17.